The Labute approximate surface area is 135 Å². The normalized spacial score (nSPS) is 22.3. The minimum Gasteiger partial charge on any atom is -0.503 e. The maximum atomic E-state index is 12.3. The third-order valence-corrected chi connectivity index (χ3v) is 3.83. The second-order valence-electron chi connectivity index (χ2n) is 5.62. The number of hydrogen-bond donors (Lipinski definition) is 2. The van der Waals surface area contributed by atoms with Gasteiger partial charge in [0.05, 0.1) is 13.2 Å². The van der Waals surface area contributed by atoms with Gasteiger partial charge in [-0.3, -0.25) is 4.79 Å². The molecule has 0 bridgehead atoms. The summed E-state index contributed by atoms with van der Waals surface area (Å²) in [5, 5.41) is 12.6. The second-order valence-corrected chi connectivity index (χ2v) is 5.62. The molecule has 2 atom stereocenters. The first-order chi connectivity index (χ1) is 11.0. The number of methoxy groups -OCH3 is 1. The van der Waals surface area contributed by atoms with Crippen molar-refractivity contribution in [2.45, 2.75) is 51.2 Å². The molecule has 1 aromatic rings. The molecule has 0 aliphatic carbocycles. The lowest BCUT2D eigenvalue weighted by molar-refractivity contribution is -0.150. The number of nitrogens with one attached hydrogen (secondary N) is 1. The van der Waals surface area contributed by atoms with Crippen LogP contribution in [0.15, 0.2) is 12.3 Å². The highest BCUT2D eigenvalue weighted by Crippen LogP contribution is 2.27. The predicted molar refractivity (Wildman–Crippen MR) is 82.3 cm³/mol. The van der Waals surface area contributed by atoms with E-state index in [4.69, 9.17) is 9.47 Å². The van der Waals surface area contributed by atoms with Gasteiger partial charge in [-0.1, -0.05) is 12.8 Å². The van der Waals surface area contributed by atoms with E-state index in [-0.39, 0.29) is 23.3 Å². The molecule has 2 N–H and O–H groups in total. The molecule has 1 amide bonds. The van der Waals surface area contributed by atoms with E-state index < -0.39 is 17.9 Å². The molecule has 23 heavy (non-hydrogen) atoms. The third kappa shape index (κ3) is 4.34. The number of cyclic esters (lactones) is 1. The number of aromatic hydroxyl groups is 1. The molecule has 7 heteroatoms. The number of hydrogen-bond acceptors (Lipinski definition) is 6. The first kappa shape index (κ1) is 17.1. The van der Waals surface area contributed by atoms with Gasteiger partial charge in [-0.15, -0.1) is 0 Å². The van der Waals surface area contributed by atoms with Gasteiger partial charge in [-0.2, -0.15) is 0 Å². The Morgan fingerprint density at radius 2 is 2.13 bits per heavy atom. The monoisotopic (exact) mass is 322 g/mol. The summed E-state index contributed by atoms with van der Waals surface area (Å²) in [4.78, 5) is 28.3. The molecule has 0 aromatic carbocycles. The van der Waals surface area contributed by atoms with Crippen LogP contribution in [-0.4, -0.2) is 41.2 Å². The molecule has 1 fully saturated rings. The standard InChI is InChI=1S/C16H22N2O5/c1-10-6-4-3-5-7-11(16(21)23-10)18-15(20)13-14(19)12(22-2)8-9-17-13/h8-11,19H,3-7H2,1-2H3,(H,18,20)/t10-,11-/m0/s1. The zero-order chi connectivity index (χ0) is 16.8. The maximum absolute atomic E-state index is 12.3. The molecule has 7 nitrogen and oxygen atoms in total. The summed E-state index contributed by atoms with van der Waals surface area (Å²) in [7, 11) is 1.38. The topological polar surface area (TPSA) is 97.8 Å². The van der Waals surface area contributed by atoms with Crippen molar-refractivity contribution >= 4 is 11.9 Å². The molecule has 0 unspecified atom stereocenters. The number of rotatable bonds is 3. The number of pyridine rings is 1. The number of amides is 1. The van der Waals surface area contributed by atoms with Gasteiger partial charge in [0.1, 0.15) is 6.04 Å². The first-order valence-electron chi connectivity index (χ1n) is 7.76. The average Bonchev–Trinajstić information content (AvgIpc) is 2.59. The lowest BCUT2D eigenvalue weighted by Gasteiger charge is -2.19. The van der Waals surface area contributed by atoms with Gasteiger partial charge in [-0.25, -0.2) is 9.78 Å². The summed E-state index contributed by atoms with van der Waals surface area (Å²) in [5.74, 6) is -1.28. The Balaban J connectivity index is 2.12. The zero-order valence-corrected chi connectivity index (χ0v) is 13.4. The van der Waals surface area contributed by atoms with E-state index in [9.17, 15) is 14.7 Å². The van der Waals surface area contributed by atoms with E-state index in [1.165, 1.54) is 19.4 Å². The molecular formula is C16H22N2O5. The Hall–Kier alpha value is -2.31. The maximum Gasteiger partial charge on any atom is 0.328 e. The van der Waals surface area contributed by atoms with Gasteiger partial charge in [0.15, 0.2) is 17.2 Å². The Morgan fingerprint density at radius 1 is 1.39 bits per heavy atom. The molecule has 1 saturated heterocycles. The molecule has 0 saturated carbocycles. The highest BCUT2D eigenvalue weighted by molar-refractivity contribution is 5.97. The van der Waals surface area contributed by atoms with Crippen LogP contribution in [0.3, 0.4) is 0 Å². The van der Waals surface area contributed by atoms with Crippen molar-refractivity contribution in [3.05, 3.63) is 18.0 Å². The Kier molecular flexibility index (Phi) is 5.78. The summed E-state index contributed by atoms with van der Waals surface area (Å²) >= 11 is 0. The smallest absolute Gasteiger partial charge is 0.328 e. The fourth-order valence-electron chi connectivity index (χ4n) is 2.54. The predicted octanol–water partition coefficient (Wildman–Crippen LogP) is 1.79. The van der Waals surface area contributed by atoms with Crippen LogP contribution in [0.2, 0.25) is 0 Å². The lowest BCUT2D eigenvalue weighted by atomic mass is 10.1. The molecule has 2 heterocycles. The van der Waals surface area contributed by atoms with Gasteiger partial charge in [0.2, 0.25) is 0 Å². The summed E-state index contributed by atoms with van der Waals surface area (Å²) in [6.45, 7) is 1.84. The summed E-state index contributed by atoms with van der Waals surface area (Å²) in [6, 6.07) is 0.706. The van der Waals surface area contributed by atoms with Crippen LogP contribution in [0.5, 0.6) is 11.5 Å². The third-order valence-electron chi connectivity index (χ3n) is 3.83. The van der Waals surface area contributed by atoms with E-state index >= 15 is 0 Å². The largest absolute Gasteiger partial charge is 0.503 e. The summed E-state index contributed by atoms with van der Waals surface area (Å²) in [5.41, 5.74) is -0.176. The molecule has 1 aliphatic rings. The van der Waals surface area contributed by atoms with Crippen molar-refractivity contribution in [3.8, 4) is 11.5 Å². The van der Waals surface area contributed by atoms with Gasteiger partial charge in [-0.05, 0) is 26.2 Å². The van der Waals surface area contributed by atoms with Crippen molar-refractivity contribution in [3.63, 3.8) is 0 Å². The van der Waals surface area contributed by atoms with Crippen LogP contribution in [-0.2, 0) is 9.53 Å². The van der Waals surface area contributed by atoms with Crippen molar-refractivity contribution < 1.29 is 24.2 Å². The highest BCUT2D eigenvalue weighted by atomic mass is 16.5. The van der Waals surface area contributed by atoms with Gasteiger partial charge < -0.3 is 19.9 Å². The fraction of sp³-hybridized carbons (Fsp3) is 0.562. The van der Waals surface area contributed by atoms with Crippen LogP contribution < -0.4 is 10.1 Å². The number of nitrogens with zero attached hydrogens (tertiary/aromatic N) is 1. The number of carbonyl (C=O) groups excluding carboxylic acids is 2. The second kappa shape index (κ2) is 7.80. The number of ether oxygens (including phenoxy) is 2. The van der Waals surface area contributed by atoms with Gasteiger partial charge >= 0.3 is 5.97 Å². The average molecular weight is 322 g/mol. The van der Waals surface area contributed by atoms with Crippen molar-refractivity contribution in [1.29, 1.82) is 0 Å². The van der Waals surface area contributed by atoms with E-state index in [0.29, 0.717) is 6.42 Å². The van der Waals surface area contributed by atoms with Crippen LogP contribution in [0, 0.1) is 0 Å². The molecule has 1 aliphatic heterocycles. The minimum atomic E-state index is -0.740. The van der Waals surface area contributed by atoms with Crippen molar-refractivity contribution in [1.82, 2.24) is 10.3 Å². The molecule has 2 rings (SSSR count). The summed E-state index contributed by atoms with van der Waals surface area (Å²) in [6.07, 6.45) is 5.32. The first-order valence-corrected chi connectivity index (χ1v) is 7.76. The van der Waals surface area contributed by atoms with Crippen LogP contribution in [0.25, 0.3) is 0 Å². The van der Waals surface area contributed by atoms with Crippen LogP contribution in [0.1, 0.15) is 49.5 Å². The molecule has 0 radical (unpaired) electrons. The SMILES string of the molecule is COc1ccnc(C(=O)N[C@H]2CCCCC[C@H](C)OC2=O)c1O. The van der Waals surface area contributed by atoms with Crippen molar-refractivity contribution in [2.24, 2.45) is 0 Å². The molecule has 1 aromatic heterocycles. The number of aromatic nitrogens is 1. The lowest BCUT2D eigenvalue weighted by Crippen LogP contribution is -2.42. The molecule has 126 valence electrons. The van der Waals surface area contributed by atoms with E-state index in [2.05, 4.69) is 10.3 Å². The fourth-order valence-corrected chi connectivity index (χ4v) is 2.54. The quantitative estimate of drug-likeness (QED) is 0.823. The zero-order valence-electron chi connectivity index (χ0n) is 13.4. The van der Waals surface area contributed by atoms with E-state index in [0.717, 1.165) is 25.7 Å². The van der Waals surface area contributed by atoms with Crippen LogP contribution in [0.4, 0.5) is 0 Å². The number of carbonyl (C=O) groups is 2. The van der Waals surface area contributed by atoms with Crippen LogP contribution >= 0.6 is 0 Å². The summed E-state index contributed by atoms with van der Waals surface area (Å²) < 4.78 is 10.3. The highest BCUT2D eigenvalue weighted by Gasteiger charge is 2.27. The minimum absolute atomic E-state index is 0.149. The van der Waals surface area contributed by atoms with Gasteiger partial charge in [0, 0.05) is 12.3 Å². The van der Waals surface area contributed by atoms with Gasteiger partial charge in [0.25, 0.3) is 5.91 Å². The Bertz CT molecular complexity index is 576. The molecular weight excluding hydrogens is 300 g/mol. The molecule has 0 spiro atoms. The van der Waals surface area contributed by atoms with E-state index in [1.807, 2.05) is 6.92 Å². The van der Waals surface area contributed by atoms with Crippen molar-refractivity contribution in [2.75, 3.05) is 7.11 Å². The Morgan fingerprint density at radius 3 is 2.87 bits per heavy atom. The van der Waals surface area contributed by atoms with E-state index in [1.54, 1.807) is 0 Å². The number of esters is 1.